The Hall–Kier alpha value is -2.12. The van der Waals surface area contributed by atoms with Crippen LogP contribution in [0.15, 0.2) is 0 Å². The number of aliphatic carboxylic acids is 1. The lowest BCUT2D eigenvalue weighted by Crippen LogP contribution is -2.23. The predicted octanol–water partition coefficient (Wildman–Crippen LogP) is 1.19. The van der Waals surface area contributed by atoms with E-state index in [1.165, 1.54) is 4.68 Å². The highest BCUT2D eigenvalue weighted by Crippen LogP contribution is 2.35. The van der Waals surface area contributed by atoms with Gasteiger partial charge in [0.25, 0.3) is 0 Å². The van der Waals surface area contributed by atoms with Gasteiger partial charge in [-0.05, 0) is 18.8 Å². The van der Waals surface area contributed by atoms with E-state index >= 15 is 0 Å². The number of aromatic nitrogens is 2. The highest BCUT2D eigenvalue weighted by Gasteiger charge is 2.34. The van der Waals surface area contributed by atoms with Crippen LogP contribution < -0.4 is 4.90 Å². The van der Waals surface area contributed by atoms with Gasteiger partial charge in [-0.2, -0.15) is 5.10 Å². The number of hydrogen-bond acceptors (Lipinski definition) is 5. The van der Waals surface area contributed by atoms with Crippen molar-refractivity contribution in [2.24, 2.45) is 13.0 Å². The largest absolute Gasteiger partial charge is 0.481 e. The average Bonchev–Trinajstić information content (AvgIpc) is 2.92. The molecule has 0 spiro atoms. The first kappa shape index (κ1) is 14.3. The molecule has 0 amide bonds. The highest BCUT2D eigenvalue weighted by molar-refractivity contribution is 5.68. The maximum Gasteiger partial charge on any atom is 0.334 e. The molecule has 0 saturated carbocycles. The summed E-state index contributed by atoms with van der Waals surface area (Å²) in [4.78, 5) is 23.5. The molecule has 1 N–H and O–H groups in total. The molecule has 1 aliphatic heterocycles. The van der Waals surface area contributed by atoms with Crippen molar-refractivity contribution >= 4 is 17.5 Å². The number of hydrogen-bond donors (Lipinski definition) is 1. The second kappa shape index (κ2) is 5.48. The average molecular weight is 282 g/mol. The minimum Gasteiger partial charge on any atom is -0.481 e. The molecule has 1 aromatic heterocycles. The number of nitrogens with zero attached hydrogens (tertiary/aromatic N) is 4. The zero-order valence-electron chi connectivity index (χ0n) is 11.6. The molecule has 1 fully saturated rings. The zero-order chi connectivity index (χ0) is 14.9. The molecule has 1 aliphatic rings. The monoisotopic (exact) mass is 282 g/mol. The molecule has 2 rings (SSSR count). The Morgan fingerprint density at radius 2 is 2.30 bits per heavy atom. The quantitative estimate of drug-likeness (QED) is 0.643. The Labute approximate surface area is 116 Å². The smallest absolute Gasteiger partial charge is 0.334 e. The van der Waals surface area contributed by atoms with Crippen molar-refractivity contribution in [3.63, 3.8) is 0 Å². The van der Waals surface area contributed by atoms with E-state index in [9.17, 15) is 14.9 Å². The minimum absolute atomic E-state index is 0.0343. The van der Waals surface area contributed by atoms with Gasteiger partial charge in [0.15, 0.2) is 0 Å². The summed E-state index contributed by atoms with van der Waals surface area (Å²) in [6.45, 7) is 2.98. The Kier molecular flexibility index (Phi) is 3.91. The third kappa shape index (κ3) is 2.59. The predicted molar refractivity (Wildman–Crippen MR) is 71.8 cm³/mol. The van der Waals surface area contributed by atoms with Gasteiger partial charge in [0.05, 0.1) is 4.92 Å². The molecule has 0 bridgehead atoms. The van der Waals surface area contributed by atoms with Gasteiger partial charge in [-0.3, -0.25) is 14.9 Å². The molecule has 1 aromatic rings. The summed E-state index contributed by atoms with van der Waals surface area (Å²) >= 11 is 0. The molecule has 8 nitrogen and oxygen atoms in total. The van der Waals surface area contributed by atoms with E-state index in [0.29, 0.717) is 31.0 Å². The van der Waals surface area contributed by atoms with E-state index in [2.05, 4.69) is 5.10 Å². The van der Waals surface area contributed by atoms with E-state index in [1.54, 1.807) is 7.05 Å². The van der Waals surface area contributed by atoms with Gasteiger partial charge < -0.3 is 10.0 Å². The molecule has 1 saturated heterocycles. The molecule has 0 aliphatic carbocycles. The topological polar surface area (TPSA) is 102 Å². The van der Waals surface area contributed by atoms with Crippen LogP contribution in [0.4, 0.5) is 11.5 Å². The third-order valence-corrected chi connectivity index (χ3v) is 3.63. The molecule has 1 atom stereocenters. The summed E-state index contributed by atoms with van der Waals surface area (Å²) in [5.74, 6) is -0.308. The lowest BCUT2D eigenvalue weighted by atomic mass is 10.1. The third-order valence-electron chi connectivity index (χ3n) is 3.63. The summed E-state index contributed by atoms with van der Waals surface area (Å²) in [6, 6.07) is 0. The van der Waals surface area contributed by atoms with Crippen LogP contribution in [0.1, 0.15) is 25.5 Å². The van der Waals surface area contributed by atoms with Crippen LogP contribution in [-0.4, -0.2) is 38.9 Å². The molecular formula is C12H18N4O4. The number of anilines is 1. The molecule has 2 heterocycles. The first-order valence-corrected chi connectivity index (χ1v) is 6.61. The van der Waals surface area contributed by atoms with Crippen LogP contribution in [0.5, 0.6) is 0 Å². The standard InChI is InChI=1S/C12H18N4O4/c1-3-9-11(16(19)20)12(14(2)13-9)15-5-4-8(7-15)6-10(17)18/h8H,3-7H2,1-2H3,(H,17,18). The van der Waals surface area contributed by atoms with Gasteiger partial charge in [-0.15, -0.1) is 0 Å². The Morgan fingerprint density at radius 3 is 2.85 bits per heavy atom. The van der Waals surface area contributed by atoms with Crippen molar-refractivity contribution < 1.29 is 14.8 Å². The zero-order valence-corrected chi connectivity index (χ0v) is 11.6. The van der Waals surface area contributed by atoms with Crippen molar-refractivity contribution in [3.8, 4) is 0 Å². The van der Waals surface area contributed by atoms with Crippen molar-refractivity contribution in [1.29, 1.82) is 0 Å². The maximum atomic E-state index is 11.3. The number of nitro groups is 1. The summed E-state index contributed by atoms with van der Waals surface area (Å²) in [5, 5.41) is 24.3. The molecule has 110 valence electrons. The van der Waals surface area contributed by atoms with Crippen LogP contribution >= 0.6 is 0 Å². The fraction of sp³-hybridized carbons (Fsp3) is 0.667. The summed E-state index contributed by atoms with van der Waals surface area (Å²) in [5.41, 5.74) is 0.514. The van der Waals surface area contributed by atoms with Crippen LogP contribution in [0.25, 0.3) is 0 Å². The number of carboxylic acids is 1. The summed E-state index contributed by atoms with van der Waals surface area (Å²) in [6.07, 6.45) is 1.33. The van der Waals surface area contributed by atoms with Gasteiger partial charge in [0.2, 0.25) is 5.82 Å². The normalized spacial score (nSPS) is 18.5. The van der Waals surface area contributed by atoms with Gasteiger partial charge in [0, 0.05) is 26.6 Å². The Bertz CT molecular complexity index is 540. The summed E-state index contributed by atoms with van der Waals surface area (Å²) < 4.78 is 1.53. The molecule has 0 radical (unpaired) electrons. The second-order valence-electron chi connectivity index (χ2n) is 5.05. The molecule has 1 unspecified atom stereocenters. The van der Waals surface area contributed by atoms with Crippen molar-refractivity contribution in [3.05, 3.63) is 15.8 Å². The number of carbonyl (C=O) groups is 1. The maximum absolute atomic E-state index is 11.3. The van der Waals surface area contributed by atoms with Crippen LogP contribution in [0.3, 0.4) is 0 Å². The van der Waals surface area contributed by atoms with E-state index in [4.69, 9.17) is 5.11 Å². The molecule has 8 heteroatoms. The Morgan fingerprint density at radius 1 is 1.60 bits per heavy atom. The minimum atomic E-state index is -0.828. The van der Waals surface area contributed by atoms with Crippen molar-refractivity contribution in [2.75, 3.05) is 18.0 Å². The fourth-order valence-corrected chi connectivity index (χ4v) is 2.78. The Balaban J connectivity index is 2.27. The first-order chi connectivity index (χ1) is 9.43. The molecule has 20 heavy (non-hydrogen) atoms. The lowest BCUT2D eigenvalue weighted by Gasteiger charge is -2.17. The van der Waals surface area contributed by atoms with Crippen LogP contribution in [0, 0.1) is 16.0 Å². The van der Waals surface area contributed by atoms with E-state index < -0.39 is 10.9 Å². The number of aryl methyl sites for hydroxylation is 2. The first-order valence-electron chi connectivity index (χ1n) is 6.61. The van der Waals surface area contributed by atoms with Crippen LogP contribution in [0.2, 0.25) is 0 Å². The number of carboxylic acid groups (broad SMARTS) is 1. The molecule has 0 aromatic carbocycles. The van der Waals surface area contributed by atoms with E-state index in [0.717, 1.165) is 6.42 Å². The SMILES string of the molecule is CCc1nn(C)c(N2CCC(CC(=O)O)C2)c1[N+](=O)[O-]. The lowest BCUT2D eigenvalue weighted by molar-refractivity contribution is -0.384. The van der Waals surface area contributed by atoms with Gasteiger partial charge in [-0.25, -0.2) is 4.68 Å². The highest BCUT2D eigenvalue weighted by atomic mass is 16.6. The second-order valence-corrected chi connectivity index (χ2v) is 5.05. The van der Waals surface area contributed by atoms with E-state index in [1.807, 2.05) is 11.8 Å². The van der Waals surface area contributed by atoms with Gasteiger partial charge >= 0.3 is 11.7 Å². The van der Waals surface area contributed by atoms with E-state index in [-0.39, 0.29) is 18.0 Å². The molecular weight excluding hydrogens is 264 g/mol. The fourth-order valence-electron chi connectivity index (χ4n) is 2.78. The van der Waals surface area contributed by atoms with Gasteiger partial charge in [0.1, 0.15) is 5.69 Å². The van der Waals surface area contributed by atoms with Crippen LogP contribution in [-0.2, 0) is 18.3 Å². The number of rotatable bonds is 5. The van der Waals surface area contributed by atoms with Crippen molar-refractivity contribution in [1.82, 2.24) is 9.78 Å². The summed E-state index contributed by atoms with van der Waals surface area (Å²) in [7, 11) is 1.69. The van der Waals surface area contributed by atoms with Crippen molar-refractivity contribution in [2.45, 2.75) is 26.2 Å². The van der Waals surface area contributed by atoms with Gasteiger partial charge in [-0.1, -0.05) is 6.92 Å².